The van der Waals surface area contributed by atoms with Crippen LogP contribution in [0.5, 0.6) is 0 Å². The molecule has 9 heteroatoms. The number of fused-ring (bicyclic) bond motifs is 1. The second-order valence-corrected chi connectivity index (χ2v) is 10.7. The lowest BCUT2D eigenvalue weighted by atomic mass is 10.1. The van der Waals surface area contributed by atoms with E-state index in [1.807, 2.05) is 42.1 Å². The van der Waals surface area contributed by atoms with Gasteiger partial charge in [-0.3, -0.25) is 9.88 Å². The van der Waals surface area contributed by atoms with E-state index in [1.54, 1.807) is 12.4 Å². The number of halogens is 1. The van der Waals surface area contributed by atoms with Gasteiger partial charge in [-0.05, 0) is 36.4 Å². The number of anilines is 2. The first-order valence-electron chi connectivity index (χ1n) is 12.7. The van der Waals surface area contributed by atoms with Gasteiger partial charge in [0.2, 0.25) is 0 Å². The third kappa shape index (κ3) is 6.03. The number of aromatic nitrogens is 3. The van der Waals surface area contributed by atoms with Gasteiger partial charge in [-0.2, -0.15) is 5.26 Å². The van der Waals surface area contributed by atoms with Gasteiger partial charge in [0.25, 0.3) is 0 Å². The van der Waals surface area contributed by atoms with E-state index in [0.29, 0.717) is 10.6 Å². The smallest absolute Gasteiger partial charge is 0.172 e. The van der Waals surface area contributed by atoms with Crippen LogP contribution in [0.3, 0.4) is 0 Å². The maximum Gasteiger partial charge on any atom is 0.172 e. The molecule has 0 unspecified atom stereocenters. The average Bonchev–Trinajstić information content (AvgIpc) is 3.34. The number of nitrogens with zero attached hydrogens (tertiary/aromatic N) is 6. The molecular weight excluding hydrogens is 514 g/mol. The number of rotatable bonds is 8. The Hall–Kier alpha value is -3.35. The predicted molar refractivity (Wildman–Crippen MR) is 156 cm³/mol. The normalized spacial score (nSPS) is 14.8. The lowest BCUT2D eigenvalue weighted by Crippen LogP contribution is -2.45. The fourth-order valence-electron chi connectivity index (χ4n) is 4.51. The van der Waals surface area contributed by atoms with Gasteiger partial charge in [-0.1, -0.05) is 54.6 Å². The van der Waals surface area contributed by atoms with E-state index in [2.05, 4.69) is 62.4 Å². The molecule has 4 aromatic rings. The number of hydrogen-bond acceptors (Lipinski definition) is 7. The molecule has 1 saturated heterocycles. The summed E-state index contributed by atoms with van der Waals surface area (Å²) in [4.78, 5) is 14.8. The van der Waals surface area contributed by atoms with Gasteiger partial charge in [-0.25, -0.2) is 4.98 Å². The molecule has 1 fully saturated rings. The summed E-state index contributed by atoms with van der Waals surface area (Å²) in [5.74, 6) is 0. The van der Waals surface area contributed by atoms with Crippen molar-refractivity contribution in [3.8, 4) is 6.07 Å². The summed E-state index contributed by atoms with van der Waals surface area (Å²) in [6.07, 6.45) is 9.66. The highest BCUT2D eigenvalue weighted by molar-refractivity contribution is 7.99. The van der Waals surface area contributed by atoms with Crippen molar-refractivity contribution in [2.24, 2.45) is 7.05 Å². The zero-order valence-corrected chi connectivity index (χ0v) is 23.1. The highest BCUT2D eigenvalue weighted by Gasteiger charge is 2.14. The molecule has 2 aromatic heterocycles. The Balaban J connectivity index is 1.32. The molecule has 0 radical (unpaired) electrons. The first kappa shape index (κ1) is 26.3. The van der Waals surface area contributed by atoms with E-state index >= 15 is 0 Å². The molecule has 3 heterocycles. The molecule has 194 valence electrons. The molecule has 0 bridgehead atoms. The third-order valence-electron chi connectivity index (χ3n) is 6.78. The number of piperazine rings is 1. The second kappa shape index (κ2) is 12.0. The first-order chi connectivity index (χ1) is 18.5. The van der Waals surface area contributed by atoms with E-state index in [-0.39, 0.29) is 0 Å². The highest BCUT2D eigenvalue weighted by Crippen LogP contribution is 2.36. The molecule has 0 saturated carbocycles. The van der Waals surface area contributed by atoms with Crippen LogP contribution in [-0.4, -0.2) is 63.6 Å². The number of hydrogen-bond donors (Lipinski definition) is 1. The van der Waals surface area contributed by atoms with Crippen molar-refractivity contribution < 1.29 is 0 Å². The minimum Gasteiger partial charge on any atom is -0.354 e. The number of benzene rings is 2. The van der Waals surface area contributed by atoms with Crippen molar-refractivity contribution in [2.45, 2.75) is 17.0 Å². The zero-order chi connectivity index (χ0) is 26.5. The Morgan fingerprint density at radius 3 is 2.63 bits per heavy atom. The molecule has 0 aliphatic carbocycles. The van der Waals surface area contributed by atoms with E-state index in [0.717, 1.165) is 77.2 Å². The third-order valence-corrected chi connectivity index (χ3v) is 8.36. The Bertz CT molecular complexity index is 1500. The van der Waals surface area contributed by atoms with Crippen LogP contribution in [0.4, 0.5) is 11.4 Å². The van der Waals surface area contributed by atoms with Gasteiger partial charge in [-0.15, -0.1) is 0 Å². The summed E-state index contributed by atoms with van der Waals surface area (Å²) in [5, 5.41) is 15.5. The fraction of sp³-hybridized carbons (Fsp3) is 0.276. The van der Waals surface area contributed by atoms with E-state index in [1.165, 1.54) is 11.8 Å². The molecule has 1 N–H and O–H groups in total. The molecule has 0 amide bonds. The number of aryl methyl sites for hydroxylation is 1. The zero-order valence-electron chi connectivity index (χ0n) is 21.6. The van der Waals surface area contributed by atoms with Crippen molar-refractivity contribution >= 4 is 51.7 Å². The van der Waals surface area contributed by atoms with Crippen molar-refractivity contribution in [1.29, 1.82) is 5.26 Å². The first-order valence-corrected chi connectivity index (χ1v) is 13.9. The number of imidazole rings is 1. The summed E-state index contributed by atoms with van der Waals surface area (Å²) in [6, 6.07) is 14.2. The van der Waals surface area contributed by atoms with Crippen LogP contribution in [-0.2, 0) is 7.05 Å². The van der Waals surface area contributed by atoms with Crippen LogP contribution >= 0.6 is 23.4 Å². The Kier molecular flexibility index (Phi) is 8.30. The monoisotopic (exact) mass is 543 g/mol. The second-order valence-electron chi connectivity index (χ2n) is 9.27. The van der Waals surface area contributed by atoms with Gasteiger partial charge in [0.1, 0.15) is 6.07 Å². The largest absolute Gasteiger partial charge is 0.354 e. The van der Waals surface area contributed by atoms with Crippen LogP contribution in [0, 0.1) is 11.3 Å². The molecule has 7 nitrogen and oxygen atoms in total. The maximum absolute atomic E-state index is 9.76. The van der Waals surface area contributed by atoms with Crippen molar-refractivity contribution in [2.75, 3.05) is 44.6 Å². The molecule has 0 spiro atoms. The van der Waals surface area contributed by atoms with Crippen LogP contribution in [0.1, 0.15) is 18.1 Å². The van der Waals surface area contributed by atoms with Crippen molar-refractivity contribution in [3.05, 3.63) is 77.2 Å². The molecule has 0 atom stereocenters. The minimum absolute atomic E-state index is 0.481. The van der Waals surface area contributed by atoms with E-state index in [4.69, 9.17) is 11.6 Å². The number of pyridine rings is 1. The van der Waals surface area contributed by atoms with Crippen molar-refractivity contribution in [1.82, 2.24) is 24.3 Å². The van der Waals surface area contributed by atoms with Gasteiger partial charge in [0.15, 0.2) is 5.16 Å². The summed E-state index contributed by atoms with van der Waals surface area (Å²) >= 11 is 8.12. The molecular formula is C29H30ClN7S. The quantitative estimate of drug-likeness (QED) is 0.290. The average molecular weight is 544 g/mol. The van der Waals surface area contributed by atoms with E-state index in [9.17, 15) is 5.26 Å². The topological polar surface area (TPSA) is 73.0 Å². The molecule has 1 aliphatic rings. The van der Waals surface area contributed by atoms with Crippen LogP contribution < -0.4 is 5.32 Å². The lowest BCUT2D eigenvalue weighted by molar-refractivity contribution is 0.148. The summed E-state index contributed by atoms with van der Waals surface area (Å²) in [6.45, 7) is 8.78. The lowest BCUT2D eigenvalue weighted by Gasteiger charge is -2.33. The number of likely N-dealkylation sites (N-methyl/N-ethyl adjacent to an activating group) is 1. The maximum atomic E-state index is 9.76. The molecule has 38 heavy (non-hydrogen) atoms. The molecule has 1 aliphatic heterocycles. The number of nitriles is 1. The minimum atomic E-state index is 0.481. The van der Waals surface area contributed by atoms with Gasteiger partial charge in [0, 0.05) is 74.3 Å². The molecule has 5 rings (SSSR count). The van der Waals surface area contributed by atoms with E-state index < -0.39 is 0 Å². The number of nitrogens with one attached hydrogen (secondary N) is 1. The fourth-order valence-corrected chi connectivity index (χ4v) is 5.62. The van der Waals surface area contributed by atoms with Gasteiger partial charge in [0.05, 0.1) is 21.8 Å². The van der Waals surface area contributed by atoms with Crippen LogP contribution in [0.2, 0.25) is 5.02 Å². The van der Waals surface area contributed by atoms with Crippen molar-refractivity contribution in [3.63, 3.8) is 0 Å². The summed E-state index contributed by atoms with van der Waals surface area (Å²) < 4.78 is 1.95. The molecule has 2 aromatic carbocycles. The SMILES string of the molecule is CCN1CCN(CC=Cc2ccc3c(Nc4ccc(Sc5nccn5C)c(Cl)c4)c(C#N)cnc3c2)CC1. The Labute approximate surface area is 232 Å². The standard InChI is InChI=1S/C29H30ClN7S/c1-3-36-13-15-37(16-14-36)11-4-5-21-6-8-24-26(17-21)33-20-22(19-31)28(24)34-23-7-9-27(25(30)18-23)38-29-32-10-12-35(29)2/h4-10,12,17-18,20H,3,11,13-16H2,1-2H3,(H,33,34). The summed E-state index contributed by atoms with van der Waals surface area (Å²) in [5.41, 5.74) is 3.93. The predicted octanol–water partition coefficient (Wildman–Crippen LogP) is 6.04. The van der Waals surface area contributed by atoms with Crippen LogP contribution in [0.25, 0.3) is 17.0 Å². The van der Waals surface area contributed by atoms with Gasteiger partial charge < -0.3 is 14.8 Å². The Morgan fingerprint density at radius 1 is 1.11 bits per heavy atom. The summed E-state index contributed by atoms with van der Waals surface area (Å²) in [7, 11) is 1.95. The highest BCUT2D eigenvalue weighted by atomic mass is 35.5. The Morgan fingerprint density at radius 2 is 1.92 bits per heavy atom. The van der Waals surface area contributed by atoms with Gasteiger partial charge >= 0.3 is 0 Å². The van der Waals surface area contributed by atoms with Crippen LogP contribution in [0.15, 0.2) is 71.1 Å².